The van der Waals surface area contributed by atoms with Crippen molar-refractivity contribution in [2.24, 2.45) is 0 Å². The van der Waals surface area contributed by atoms with E-state index >= 15 is 0 Å². The summed E-state index contributed by atoms with van der Waals surface area (Å²) in [6.45, 7) is 3.94. The summed E-state index contributed by atoms with van der Waals surface area (Å²) in [6.07, 6.45) is -3.32. The van der Waals surface area contributed by atoms with Crippen LogP contribution in [0.25, 0.3) is 16.9 Å². The van der Waals surface area contributed by atoms with Crippen molar-refractivity contribution in [1.29, 1.82) is 0 Å². The number of hydrogen-bond donors (Lipinski definition) is 1. The molecule has 0 aliphatic heterocycles. The maximum Gasteiger partial charge on any atom is 0.433 e. The van der Waals surface area contributed by atoms with Crippen molar-refractivity contribution in [3.8, 4) is 11.3 Å². The van der Waals surface area contributed by atoms with Gasteiger partial charge in [0, 0.05) is 17.8 Å². The number of halogens is 5. The Bertz CT molecular complexity index is 1690. The smallest absolute Gasteiger partial charge is 0.302 e. The Kier molecular flexibility index (Phi) is 6.39. The van der Waals surface area contributed by atoms with Crippen molar-refractivity contribution in [2.75, 3.05) is 5.32 Å². The molecule has 0 fully saturated rings. The fourth-order valence-corrected chi connectivity index (χ4v) is 4.09. The molecule has 0 aliphatic rings. The standard InChI is InChI=1S/C26H19ClF4N6O/c1-14-6-7-17(8-15(14)2)20-10-22(26(29,30)31)37-23(32-20)11-21(34-37)25(38)33-24-19(27)13-36(35-24)12-16-4-3-5-18(28)9-16/h3-11,13H,12H2,1-2H3,(H,33,35,38). The average molecular weight is 543 g/mol. The summed E-state index contributed by atoms with van der Waals surface area (Å²) in [5.74, 6) is -1.26. The normalized spacial score (nSPS) is 11.8. The predicted molar refractivity (Wildman–Crippen MR) is 134 cm³/mol. The van der Waals surface area contributed by atoms with Crippen molar-refractivity contribution in [1.82, 2.24) is 24.4 Å². The van der Waals surface area contributed by atoms with E-state index in [-0.39, 0.29) is 34.4 Å². The number of fused-ring (bicyclic) bond motifs is 1. The van der Waals surface area contributed by atoms with Gasteiger partial charge >= 0.3 is 6.18 Å². The van der Waals surface area contributed by atoms with Gasteiger partial charge in [0.25, 0.3) is 5.91 Å². The van der Waals surface area contributed by atoms with E-state index in [2.05, 4.69) is 20.5 Å². The molecule has 0 saturated heterocycles. The van der Waals surface area contributed by atoms with Crippen LogP contribution in [0.4, 0.5) is 23.4 Å². The molecule has 1 N–H and O–H groups in total. The molecule has 5 aromatic rings. The Balaban J connectivity index is 1.46. The molecule has 3 aromatic heterocycles. The minimum absolute atomic E-state index is 0.0232. The first kappa shape index (κ1) is 25.4. The van der Waals surface area contributed by atoms with Crippen molar-refractivity contribution >= 4 is 29.0 Å². The van der Waals surface area contributed by atoms with Crippen LogP contribution in [0, 0.1) is 19.7 Å². The van der Waals surface area contributed by atoms with Crippen LogP contribution in [0.15, 0.2) is 60.8 Å². The van der Waals surface area contributed by atoms with E-state index in [0.29, 0.717) is 15.6 Å². The molecule has 2 aromatic carbocycles. The average Bonchev–Trinajstić information content (AvgIpc) is 3.42. The summed E-state index contributed by atoms with van der Waals surface area (Å²) in [7, 11) is 0. The Morgan fingerprint density at radius 1 is 1.03 bits per heavy atom. The maximum absolute atomic E-state index is 13.9. The summed E-state index contributed by atoms with van der Waals surface area (Å²) in [4.78, 5) is 17.2. The van der Waals surface area contributed by atoms with Crippen molar-refractivity contribution in [2.45, 2.75) is 26.6 Å². The van der Waals surface area contributed by atoms with Gasteiger partial charge in [-0.3, -0.25) is 9.48 Å². The molecular weight excluding hydrogens is 524 g/mol. The molecule has 0 atom stereocenters. The molecule has 5 rings (SSSR count). The maximum atomic E-state index is 13.9. The van der Waals surface area contributed by atoms with Crippen LogP contribution < -0.4 is 5.32 Å². The van der Waals surface area contributed by atoms with E-state index in [1.54, 1.807) is 30.3 Å². The molecule has 0 radical (unpaired) electrons. The number of benzene rings is 2. The number of hydrogen-bond acceptors (Lipinski definition) is 4. The number of nitrogens with one attached hydrogen (secondary N) is 1. The number of carbonyl (C=O) groups excluding carboxylic acids is 1. The van der Waals surface area contributed by atoms with Crippen LogP contribution in [0.5, 0.6) is 0 Å². The lowest BCUT2D eigenvalue weighted by Crippen LogP contribution is -2.16. The van der Waals surface area contributed by atoms with E-state index < -0.39 is 23.6 Å². The highest BCUT2D eigenvalue weighted by Crippen LogP contribution is 2.33. The minimum Gasteiger partial charge on any atom is -0.302 e. The van der Waals surface area contributed by atoms with Gasteiger partial charge in [0.1, 0.15) is 10.8 Å². The quantitative estimate of drug-likeness (QED) is 0.264. The molecule has 12 heteroatoms. The topological polar surface area (TPSA) is 77.1 Å². The second kappa shape index (κ2) is 9.56. The Morgan fingerprint density at radius 2 is 1.82 bits per heavy atom. The molecule has 0 saturated carbocycles. The molecule has 3 heterocycles. The highest BCUT2D eigenvalue weighted by Gasteiger charge is 2.35. The van der Waals surface area contributed by atoms with E-state index in [0.717, 1.165) is 23.3 Å². The Morgan fingerprint density at radius 3 is 2.53 bits per heavy atom. The zero-order chi connectivity index (χ0) is 27.2. The lowest BCUT2D eigenvalue weighted by Gasteiger charge is -2.11. The number of nitrogens with zero attached hydrogens (tertiary/aromatic N) is 5. The Hall–Kier alpha value is -4.25. The Labute approximate surface area is 218 Å². The van der Waals surface area contributed by atoms with Crippen LogP contribution >= 0.6 is 11.6 Å². The molecular formula is C26H19ClF4N6O. The van der Waals surface area contributed by atoms with Gasteiger partial charge in [-0.25, -0.2) is 13.9 Å². The monoisotopic (exact) mass is 542 g/mol. The number of carbonyl (C=O) groups is 1. The number of alkyl halides is 3. The third-order valence-electron chi connectivity index (χ3n) is 5.94. The van der Waals surface area contributed by atoms with Crippen LogP contribution in [-0.2, 0) is 12.7 Å². The largest absolute Gasteiger partial charge is 0.433 e. The summed E-state index contributed by atoms with van der Waals surface area (Å²) >= 11 is 6.19. The van der Waals surface area contributed by atoms with Gasteiger partial charge in [0.2, 0.25) is 0 Å². The van der Waals surface area contributed by atoms with Gasteiger partial charge in [-0.1, -0.05) is 35.9 Å². The second-order valence-electron chi connectivity index (χ2n) is 8.73. The summed E-state index contributed by atoms with van der Waals surface area (Å²) in [5.41, 5.74) is 1.57. The van der Waals surface area contributed by atoms with Gasteiger partial charge in [-0.15, -0.1) is 0 Å². The molecule has 0 unspecified atom stereocenters. The number of anilines is 1. The summed E-state index contributed by atoms with van der Waals surface area (Å²) in [6, 6.07) is 13.2. The van der Waals surface area contributed by atoms with Crippen molar-refractivity contribution in [3.63, 3.8) is 0 Å². The fraction of sp³-hybridized carbons (Fsp3) is 0.154. The van der Waals surface area contributed by atoms with E-state index in [4.69, 9.17) is 11.6 Å². The molecule has 7 nitrogen and oxygen atoms in total. The first-order valence-corrected chi connectivity index (χ1v) is 11.7. The molecule has 0 aliphatic carbocycles. The number of rotatable bonds is 5. The summed E-state index contributed by atoms with van der Waals surface area (Å²) < 4.78 is 57.2. The number of amides is 1. The van der Waals surface area contributed by atoms with E-state index in [1.165, 1.54) is 23.0 Å². The van der Waals surface area contributed by atoms with Crippen LogP contribution in [0.3, 0.4) is 0 Å². The zero-order valence-corrected chi connectivity index (χ0v) is 20.8. The molecule has 0 spiro atoms. The van der Waals surface area contributed by atoms with E-state index in [1.807, 2.05) is 13.8 Å². The molecule has 38 heavy (non-hydrogen) atoms. The molecule has 1 amide bonds. The van der Waals surface area contributed by atoms with Gasteiger partial charge in [-0.2, -0.15) is 23.4 Å². The van der Waals surface area contributed by atoms with Gasteiger partial charge < -0.3 is 5.32 Å². The van der Waals surface area contributed by atoms with Crippen molar-refractivity contribution in [3.05, 3.63) is 99.7 Å². The lowest BCUT2D eigenvalue weighted by atomic mass is 10.0. The third-order valence-corrected chi connectivity index (χ3v) is 6.21. The number of aryl methyl sites for hydroxylation is 2. The highest BCUT2D eigenvalue weighted by molar-refractivity contribution is 6.33. The molecule has 0 bridgehead atoms. The minimum atomic E-state index is -4.76. The van der Waals surface area contributed by atoms with Crippen molar-refractivity contribution < 1.29 is 22.4 Å². The van der Waals surface area contributed by atoms with Crippen LogP contribution in [-0.4, -0.2) is 30.3 Å². The van der Waals surface area contributed by atoms with E-state index in [9.17, 15) is 22.4 Å². The highest BCUT2D eigenvalue weighted by atomic mass is 35.5. The fourth-order valence-electron chi connectivity index (χ4n) is 3.89. The third kappa shape index (κ3) is 5.10. The first-order valence-electron chi connectivity index (χ1n) is 11.3. The van der Waals surface area contributed by atoms with Gasteiger partial charge in [0.15, 0.2) is 22.9 Å². The lowest BCUT2D eigenvalue weighted by molar-refractivity contribution is -0.142. The van der Waals surface area contributed by atoms with Crippen LogP contribution in [0.2, 0.25) is 5.02 Å². The second-order valence-corrected chi connectivity index (χ2v) is 9.14. The number of aromatic nitrogens is 5. The SMILES string of the molecule is Cc1ccc(-c2cc(C(F)(F)F)n3nc(C(=O)Nc4nn(Cc5cccc(F)c5)cc4Cl)cc3n2)cc1C. The van der Waals surface area contributed by atoms with Crippen LogP contribution in [0.1, 0.15) is 32.9 Å². The predicted octanol–water partition coefficient (Wildman–Crippen LogP) is 6.32. The van der Waals surface area contributed by atoms with Gasteiger partial charge in [-0.05, 0) is 54.8 Å². The molecule has 194 valence electrons. The first-order chi connectivity index (χ1) is 18.0. The summed E-state index contributed by atoms with van der Waals surface area (Å²) in [5, 5.41) is 10.6. The zero-order valence-electron chi connectivity index (χ0n) is 20.0. The van der Waals surface area contributed by atoms with Gasteiger partial charge in [0.05, 0.1) is 12.2 Å².